The van der Waals surface area contributed by atoms with E-state index in [-0.39, 0.29) is 29.9 Å². The van der Waals surface area contributed by atoms with Crippen molar-refractivity contribution in [3.63, 3.8) is 0 Å². The zero-order valence-corrected chi connectivity index (χ0v) is 14.8. The molecule has 4 rings (SSSR count). The average molecular weight is 345 g/mol. The third-order valence-corrected chi connectivity index (χ3v) is 5.17. The van der Waals surface area contributed by atoms with Gasteiger partial charge in [0.15, 0.2) is 0 Å². The van der Waals surface area contributed by atoms with Crippen LogP contribution >= 0.6 is 0 Å². The number of hydrogen-bond donors (Lipinski definition) is 2. The van der Waals surface area contributed by atoms with Gasteiger partial charge in [0, 0.05) is 42.1 Å². The SMILES string of the molecule is CC(C)(C)OC(=O)N1CC[C@H]2NC[C@@H](c3c[nH]c4cc(F)ccc34)[C@H]21. The van der Waals surface area contributed by atoms with Gasteiger partial charge in [0.1, 0.15) is 11.4 Å². The van der Waals surface area contributed by atoms with E-state index in [1.807, 2.05) is 37.9 Å². The lowest BCUT2D eigenvalue weighted by Crippen LogP contribution is -2.44. The van der Waals surface area contributed by atoms with Gasteiger partial charge in [-0.3, -0.25) is 0 Å². The van der Waals surface area contributed by atoms with Gasteiger partial charge >= 0.3 is 6.09 Å². The highest BCUT2D eigenvalue weighted by Gasteiger charge is 2.48. The number of halogens is 1. The van der Waals surface area contributed by atoms with Crippen LogP contribution in [0.1, 0.15) is 38.7 Å². The molecule has 3 heterocycles. The van der Waals surface area contributed by atoms with Crippen molar-refractivity contribution in [3.05, 3.63) is 35.8 Å². The summed E-state index contributed by atoms with van der Waals surface area (Å²) < 4.78 is 19.1. The summed E-state index contributed by atoms with van der Waals surface area (Å²) in [4.78, 5) is 17.7. The maximum Gasteiger partial charge on any atom is 0.410 e. The monoisotopic (exact) mass is 345 g/mol. The van der Waals surface area contributed by atoms with Gasteiger partial charge in [-0.2, -0.15) is 0 Å². The fourth-order valence-electron chi connectivity index (χ4n) is 4.19. The molecule has 0 radical (unpaired) electrons. The van der Waals surface area contributed by atoms with Crippen molar-refractivity contribution in [2.75, 3.05) is 13.1 Å². The highest BCUT2D eigenvalue weighted by atomic mass is 19.1. The van der Waals surface area contributed by atoms with Crippen molar-refractivity contribution in [1.82, 2.24) is 15.2 Å². The molecule has 25 heavy (non-hydrogen) atoms. The van der Waals surface area contributed by atoms with Crippen LogP contribution in [0.15, 0.2) is 24.4 Å². The molecule has 2 N–H and O–H groups in total. The van der Waals surface area contributed by atoms with Crippen LogP contribution in [0.2, 0.25) is 0 Å². The topological polar surface area (TPSA) is 57.4 Å². The Balaban J connectivity index is 1.65. The number of carbonyl (C=O) groups is 1. The second-order valence-corrected chi connectivity index (χ2v) is 8.01. The lowest BCUT2D eigenvalue weighted by atomic mass is 9.91. The fourth-order valence-corrected chi connectivity index (χ4v) is 4.19. The summed E-state index contributed by atoms with van der Waals surface area (Å²) in [7, 11) is 0. The molecule has 2 saturated heterocycles. The maximum absolute atomic E-state index is 13.5. The summed E-state index contributed by atoms with van der Waals surface area (Å²) in [5, 5.41) is 4.56. The fraction of sp³-hybridized carbons (Fsp3) is 0.526. The van der Waals surface area contributed by atoms with Crippen LogP contribution in [0, 0.1) is 5.82 Å². The number of rotatable bonds is 1. The van der Waals surface area contributed by atoms with E-state index in [0.717, 1.165) is 29.4 Å². The smallest absolute Gasteiger partial charge is 0.410 e. The van der Waals surface area contributed by atoms with Crippen molar-refractivity contribution in [2.45, 2.75) is 50.8 Å². The van der Waals surface area contributed by atoms with E-state index < -0.39 is 5.60 Å². The molecule has 0 unspecified atom stereocenters. The molecule has 2 aliphatic rings. The number of amides is 1. The first-order valence-corrected chi connectivity index (χ1v) is 8.83. The number of ether oxygens (including phenoxy) is 1. The second kappa shape index (κ2) is 5.73. The van der Waals surface area contributed by atoms with Gasteiger partial charge in [-0.1, -0.05) is 0 Å². The first-order chi connectivity index (χ1) is 11.8. The molecular weight excluding hydrogens is 321 g/mol. The summed E-state index contributed by atoms with van der Waals surface area (Å²) in [5.74, 6) is -0.0844. The lowest BCUT2D eigenvalue weighted by molar-refractivity contribution is 0.0215. The molecule has 1 aromatic carbocycles. The van der Waals surface area contributed by atoms with Crippen LogP contribution in [0.4, 0.5) is 9.18 Å². The molecule has 3 atom stereocenters. The van der Waals surface area contributed by atoms with Gasteiger partial charge in [-0.15, -0.1) is 0 Å². The average Bonchev–Trinajstić information content (AvgIpc) is 3.18. The highest BCUT2D eigenvalue weighted by molar-refractivity contribution is 5.84. The van der Waals surface area contributed by atoms with Crippen LogP contribution in [0.25, 0.3) is 10.9 Å². The predicted octanol–water partition coefficient (Wildman–Crippen LogP) is 3.37. The van der Waals surface area contributed by atoms with Gasteiger partial charge in [-0.25, -0.2) is 9.18 Å². The first-order valence-electron chi connectivity index (χ1n) is 8.83. The van der Waals surface area contributed by atoms with Crippen LogP contribution in [-0.4, -0.2) is 46.8 Å². The number of aromatic nitrogens is 1. The van der Waals surface area contributed by atoms with Crippen molar-refractivity contribution >= 4 is 17.0 Å². The normalized spacial score (nSPS) is 26.2. The second-order valence-electron chi connectivity index (χ2n) is 8.01. The number of fused-ring (bicyclic) bond motifs is 2. The summed E-state index contributed by atoms with van der Waals surface area (Å²) in [6, 6.07) is 5.16. The molecule has 0 bridgehead atoms. The Bertz CT molecular complexity index is 811. The molecule has 6 heteroatoms. The molecule has 1 amide bonds. The molecule has 134 valence electrons. The number of H-pyrrole nitrogens is 1. The van der Waals surface area contributed by atoms with E-state index in [0.29, 0.717) is 6.54 Å². The molecule has 0 spiro atoms. The Morgan fingerprint density at radius 1 is 1.36 bits per heavy atom. The largest absolute Gasteiger partial charge is 0.444 e. The minimum absolute atomic E-state index is 0.0684. The number of nitrogens with one attached hydrogen (secondary N) is 2. The molecule has 0 saturated carbocycles. The van der Waals surface area contributed by atoms with E-state index in [1.54, 1.807) is 0 Å². The molecule has 0 aliphatic carbocycles. The first kappa shape index (κ1) is 16.4. The summed E-state index contributed by atoms with van der Waals surface area (Å²) in [6.07, 6.45) is 2.63. The standard InChI is InChI=1S/C19H24FN3O2/c1-19(2,3)25-18(24)23-7-6-15-17(23)14(10-21-15)13-9-22-16-8-11(20)4-5-12(13)16/h4-5,8-9,14-15,17,21-22H,6-7,10H2,1-3H3/t14-,15+,17+/m0/s1. The van der Waals surface area contributed by atoms with Gasteiger partial charge in [0.25, 0.3) is 0 Å². The van der Waals surface area contributed by atoms with E-state index in [9.17, 15) is 9.18 Å². The summed E-state index contributed by atoms with van der Waals surface area (Å²) in [5.41, 5.74) is 1.42. The third-order valence-electron chi connectivity index (χ3n) is 5.17. The maximum atomic E-state index is 13.5. The Kier molecular flexibility index (Phi) is 3.76. The zero-order valence-electron chi connectivity index (χ0n) is 14.8. The number of hydrogen-bond acceptors (Lipinski definition) is 3. The zero-order chi connectivity index (χ0) is 17.8. The summed E-state index contributed by atoms with van der Waals surface area (Å²) >= 11 is 0. The molecular formula is C19H24FN3O2. The molecule has 1 aromatic heterocycles. The number of nitrogens with zero attached hydrogens (tertiary/aromatic N) is 1. The van der Waals surface area contributed by atoms with Crippen molar-refractivity contribution in [1.29, 1.82) is 0 Å². The van der Waals surface area contributed by atoms with Crippen molar-refractivity contribution in [2.24, 2.45) is 0 Å². The van der Waals surface area contributed by atoms with Crippen LogP contribution in [0.5, 0.6) is 0 Å². The van der Waals surface area contributed by atoms with Gasteiger partial charge in [0.2, 0.25) is 0 Å². The van der Waals surface area contributed by atoms with Gasteiger partial charge in [-0.05, 0) is 51.0 Å². The Morgan fingerprint density at radius 3 is 2.92 bits per heavy atom. The minimum Gasteiger partial charge on any atom is -0.444 e. The van der Waals surface area contributed by atoms with E-state index in [1.165, 1.54) is 12.1 Å². The van der Waals surface area contributed by atoms with Crippen LogP contribution in [-0.2, 0) is 4.74 Å². The van der Waals surface area contributed by atoms with E-state index >= 15 is 0 Å². The minimum atomic E-state index is -0.505. The number of likely N-dealkylation sites (tertiary alicyclic amines) is 1. The number of carbonyl (C=O) groups excluding carboxylic acids is 1. The van der Waals surface area contributed by atoms with E-state index in [2.05, 4.69) is 10.3 Å². The van der Waals surface area contributed by atoms with Gasteiger partial charge < -0.3 is 19.9 Å². The third kappa shape index (κ3) is 2.88. The number of benzene rings is 1. The quantitative estimate of drug-likeness (QED) is 0.833. The number of aromatic amines is 1. The highest BCUT2D eigenvalue weighted by Crippen LogP contribution is 2.39. The Labute approximate surface area is 146 Å². The lowest BCUT2D eigenvalue weighted by Gasteiger charge is -2.31. The predicted molar refractivity (Wildman–Crippen MR) is 94.1 cm³/mol. The molecule has 2 aliphatic heterocycles. The van der Waals surface area contributed by atoms with Crippen LogP contribution in [0.3, 0.4) is 0 Å². The summed E-state index contributed by atoms with van der Waals surface area (Å²) in [6.45, 7) is 7.16. The molecule has 2 fully saturated rings. The van der Waals surface area contributed by atoms with Gasteiger partial charge in [0.05, 0.1) is 6.04 Å². The molecule has 5 nitrogen and oxygen atoms in total. The Hall–Kier alpha value is -2.08. The van der Waals surface area contributed by atoms with Crippen LogP contribution < -0.4 is 5.32 Å². The van der Waals surface area contributed by atoms with Crippen molar-refractivity contribution < 1.29 is 13.9 Å². The van der Waals surface area contributed by atoms with E-state index in [4.69, 9.17) is 4.74 Å². The molecule has 2 aromatic rings. The van der Waals surface area contributed by atoms with Crippen molar-refractivity contribution in [3.8, 4) is 0 Å². The Morgan fingerprint density at radius 2 is 2.16 bits per heavy atom.